The Morgan fingerprint density at radius 2 is 2.09 bits per heavy atom. The number of carbonyl (C=O) groups is 1. The molecule has 0 unspecified atom stereocenters. The maximum atomic E-state index is 12.6. The molecule has 22 heavy (non-hydrogen) atoms. The van der Waals surface area contributed by atoms with Gasteiger partial charge in [-0.25, -0.2) is 9.97 Å². The number of carbonyl (C=O) groups excluding carboxylic acids is 1. The molecular weight excluding hydrogens is 278 g/mol. The van der Waals surface area contributed by atoms with Gasteiger partial charge in [0.05, 0.1) is 0 Å². The predicted molar refractivity (Wildman–Crippen MR) is 82.8 cm³/mol. The van der Waals surface area contributed by atoms with E-state index in [0.29, 0.717) is 17.2 Å². The van der Waals surface area contributed by atoms with E-state index in [-0.39, 0.29) is 11.9 Å². The van der Waals surface area contributed by atoms with Gasteiger partial charge in [0, 0.05) is 31.0 Å². The van der Waals surface area contributed by atoms with E-state index < -0.39 is 0 Å². The summed E-state index contributed by atoms with van der Waals surface area (Å²) in [5.74, 6) is 1.20. The summed E-state index contributed by atoms with van der Waals surface area (Å²) in [6.07, 6.45) is 5.50. The molecule has 2 heterocycles. The van der Waals surface area contributed by atoms with Crippen LogP contribution in [0.3, 0.4) is 0 Å². The molecule has 1 aliphatic heterocycles. The van der Waals surface area contributed by atoms with Crippen molar-refractivity contribution >= 4 is 5.91 Å². The van der Waals surface area contributed by atoms with E-state index in [0.717, 1.165) is 19.5 Å². The van der Waals surface area contributed by atoms with Crippen molar-refractivity contribution in [3.05, 3.63) is 48.3 Å². The number of likely N-dealkylation sites (tertiary alicyclic amines) is 1. The Bertz CT molecular complexity index is 645. The summed E-state index contributed by atoms with van der Waals surface area (Å²) in [5.41, 5.74) is 0.641. The maximum absolute atomic E-state index is 12.6. The molecule has 2 aromatic rings. The summed E-state index contributed by atoms with van der Waals surface area (Å²) in [7, 11) is 0. The number of ether oxygens (including phenoxy) is 1. The second-order valence-electron chi connectivity index (χ2n) is 5.66. The molecule has 1 aromatic heterocycles. The number of aromatic nitrogens is 2. The van der Waals surface area contributed by atoms with Gasteiger partial charge in [0.1, 0.15) is 5.75 Å². The van der Waals surface area contributed by atoms with Crippen molar-refractivity contribution < 1.29 is 9.53 Å². The largest absolute Gasteiger partial charge is 0.424 e. The average molecular weight is 297 g/mol. The van der Waals surface area contributed by atoms with Gasteiger partial charge in [-0.15, -0.1) is 0 Å². The second-order valence-corrected chi connectivity index (χ2v) is 5.66. The fourth-order valence-corrected chi connectivity index (χ4v) is 2.69. The Morgan fingerprint density at radius 1 is 1.27 bits per heavy atom. The van der Waals surface area contributed by atoms with Crippen LogP contribution in [0.1, 0.15) is 30.1 Å². The number of nitrogens with zero attached hydrogens (tertiary/aromatic N) is 3. The number of piperidine rings is 1. The molecule has 3 rings (SSSR count). The van der Waals surface area contributed by atoms with Gasteiger partial charge in [0.2, 0.25) is 0 Å². The lowest BCUT2D eigenvalue weighted by atomic mass is 9.99. The Hall–Kier alpha value is -2.43. The van der Waals surface area contributed by atoms with Crippen LogP contribution in [0.5, 0.6) is 11.8 Å². The first kappa shape index (κ1) is 14.5. The van der Waals surface area contributed by atoms with Crippen molar-refractivity contribution in [2.75, 3.05) is 13.1 Å². The molecule has 0 N–H and O–H groups in total. The van der Waals surface area contributed by atoms with E-state index in [9.17, 15) is 4.79 Å². The zero-order valence-electron chi connectivity index (χ0n) is 12.6. The zero-order valence-corrected chi connectivity index (χ0v) is 12.6. The van der Waals surface area contributed by atoms with Crippen LogP contribution in [0.4, 0.5) is 0 Å². The summed E-state index contributed by atoms with van der Waals surface area (Å²) in [4.78, 5) is 22.6. The highest BCUT2D eigenvalue weighted by molar-refractivity contribution is 5.94. The minimum atomic E-state index is 0.0611. The minimum absolute atomic E-state index is 0.0611. The minimum Gasteiger partial charge on any atom is -0.424 e. The van der Waals surface area contributed by atoms with Crippen LogP contribution in [0.25, 0.3) is 0 Å². The van der Waals surface area contributed by atoms with Crippen LogP contribution in [0, 0.1) is 5.92 Å². The molecule has 1 atom stereocenters. The molecule has 0 spiro atoms. The average Bonchev–Trinajstić information content (AvgIpc) is 2.55. The molecule has 1 amide bonds. The third kappa shape index (κ3) is 3.42. The zero-order chi connectivity index (χ0) is 15.4. The van der Waals surface area contributed by atoms with Crippen LogP contribution in [0.15, 0.2) is 42.7 Å². The van der Waals surface area contributed by atoms with Crippen LogP contribution < -0.4 is 4.74 Å². The van der Waals surface area contributed by atoms with E-state index in [1.165, 1.54) is 6.42 Å². The Labute approximate surface area is 130 Å². The van der Waals surface area contributed by atoms with Crippen LogP contribution in [0.2, 0.25) is 0 Å². The van der Waals surface area contributed by atoms with Crippen molar-refractivity contribution in [2.24, 2.45) is 5.92 Å². The smallest absolute Gasteiger partial charge is 0.321 e. The van der Waals surface area contributed by atoms with Crippen molar-refractivity contribution in [3.63, 3.8) is 0 Å². The predicted octanol–water partition coefficient (Wildman–Crippen LogP) is 3.14. The first-order valence-electron chi connectivity index (χ1n) is 7.56. The van der Waals surface area contributed by atoms with Gasteiger partial charge in [0.25, 0.3) is 5.91 Å². The summed E-state index contributed by atoms with van der Waals surface area (Å²) < 4.78 is 5.58. The van der Waals surface area contributed by atoms with Crippen LogP contribution in [-0.4, -0.2) is 33.9 Å². The summed E-state index contributed by atoms with van der Waals surface area (Å²) in [5, 5.41) is 0. The highest BCUT2D eigenvalue weighted by Crippen LogP contribution is 2.22. The van der Waals surface area contributed by atoms with Crippen molar-refractivity contribution in [1.29, 1.82) is 0 Å². The second kappa shape index (κ2) is 6.56. The molecule has 0 saturated carbocycles. The summed E-state index contributed by atoms with van der Waals surface area (Å²) >= 11 is 0. The quantitative estimate of drug-likeness (QED) is 0.873. The lowest BCUT2D eigenvalue weighted by Gasteiger charge is -2.31. The Balaban J connectivity index is 1.74. The van der Waals surface area contributed by atoms with Gasteiger partial charge in [0.15, 0.2) is 0 Å². The number of benzene rings is 1. The number of rotatable bonds is 3. The van der Waals surface area contributed by atoms with E-state index in [1.807, 2.05) is 17.0 Å². The van der Waals surface area contributed by atoms with Gasteiger partial charge < -0.3 is 9.64 Å². The first-order chi connectivity index (χ1) is 10.7. The van der Waals surface area contributed by atoms with E-state index in [4.69, 9.17) is 4.74 Å². The van der Waals surface area contributed by atoms with Crippen molar-refractivity contribution in [2.45, 2.75) is 19.8 Å². The number of hydrogen-bond donors (Lipinski definition) is 0. The van der Waals surface area contributed by atoms with Crippen LogP contribution in [-0.2, 0) is 0 Å². The SMILES string of the molecule is C[C@@H]1CCCN(C(=O)c2cccc(Oc3ncccn3)c2)C1. The van der Waals surface area contributed by atoms with Gasteiger partial charge in [-0.3, -0.25) is 4.79 Å². The van der Waals surface area contributed by atoms with E-state index >= 15 is 0 Å². The van der Waals surface area contributed by atoms with Crippen molar-refractivity contribution in [3.8, 4) is 11.8 Å². The standard InChI is InChI=1S/C17H19N3O2/c1-13-5-3-10-20(12-13)16(21)14-6-2-7-15(11-14)22-17-18-8-4-9-19-17/h2,4,6-9,11,13H,3,5,10,12H2,1H3/t13-/m1/s1. The third-order valence-corrected chi connectivity index (χ3v) is 3.78. The maximum Gasteiger partial charge on any atom is 0.321 e. The topological polar surface area (TPSA) is 55.3 Å². The molecular formula is C17H19N3O2. The Kier molecular flexibility index (Phi) is 4.32. The third-order valence-electron chi connectivity index (χ3n) is 3.78. The highest BCUT2D eigenvalue weighted by atomic mass is 16.5. The monoisotopic (exact) mass is 297 g/mol. The van der Waals surface area contributed by atoms with E-state index in [2.05, 4.69) is 16.9 Å². The normalized spacial score (nSPS) is 18.0. The first-order valence-corrected chi connectivity index (χ1v) is 7.56. The summed E-state index contributed by atoms with van der Waals surface area (Å²) in [6, 6.07) is 9.19. The fraction of sp³-hybridized carbons (Fsp3) is 0.353. The van der Waals surface area contributed by atoms with Gasteiger partial charge >= 0.3 is 6.01 Å². The lowest BCUT2D eigenvalue weighted by Crippen LogP contribution is -2.39. The molecule has 0 aliphatic carbocycles. The lowest BCUT2D eigenvalue weighted by molar-refractivity contribution is 0.0682. The van der Waals surface area contributed by atoms with Gasteiger partial charge in [-0.1, -0.05) is 13.0 Å². The molecule has 5 heteroatoms. The van der Waals surface area contributed by atoms with Crippen LogP contribution >= 0.6 is 0 Å². The van der Waals surface area contributed by atoms with Gasteiger partial charge in [-0.05, 0) is 43.0 Å². The molecule has 1 aliphatic rings. The number of hydrogen-bond acceptors (Lipinski definition) is 4. The molecule has 1 aromatic carbocycles. The molecule has 114 valence electrons. The Morgan fingerprint density at radius 3 is 2.86 bits per heavy atom. The number of amides is 1. The van der Waals surface area contributed by atoms with E-state index in [1.54, 1.807) is 30.6 Å². The molecule has 5 nitrogen and oxygen atoms in total. The molecule has 1 fully saturated rings. The van der Waals surface area contributed by atoms with Gasteiger partial charge in [-0.2, -0.15) is 0 Å². The van der Waals surface area contributed by atoms with Crippen molar-refractivity contribution in [1.82, 2.24) is 14.9 Å². The molecule has 0 bridgehead atoms. The summed E-state index contributed by atoms with van der Waals surface area (Å²) in [6.45, 7) is 3.84. The fourth-order valence-electron chi connectivity index (χ4n) is 2.69. The molecule has 0 radical (unpaired) electrons. The highest BCUT2D eigenvalue weighted by Gasteiger charge is 2.22. The molecule has 1 saturated heterocycles.